The summed E-state index contributed by atoms with van der Waals surface area (Å²) in [7, 11) is 0. The first-order valence-corrected chi connectivity index (χ1v) is 8.05. The Balaban J connectivity index is 1.60. The fraction of sp³-hybridized carbons (Fsp3) is 0.176. The minimum atomic E-state index is -1.10. The highest BCUT2D eigenvalue weighted by Gasteiger charge is 2.23. The summed E-state index contributed by atoms with van der Waals surface area (Å²) >= 11 is 1.50. The van der Waals surface area contributed by atoms with Crippen LogP contribution in [0.1, 0.15) is 18.4 Å². The van der Waals surface area contributed by atoms with E-state index in [1.807, 2.05) is 41.1 Å². The lowest BCUT2D eigenvalue weighted by Crippen LogP contribution is -2.37. The first kappa shape index (κ1) is 15.5. The number of thiophene rings is 1. The van der Waals surface area contributed by atoms with E-state index in [2.05, 4.69) is 10.3 Å². The highest BCUT2D eigenvalue weighted by Crippen LogP contribution is 2.22. The molecule has 0 saturated carbocycles. The molecule has 23 heavy (non-hydrogen) atoms. The van der Waals surface area contributed by atoms with Crippen molar-refractivity contribution in [3.05, 3.63) is 58.6 Å². The zero-order valence-corrected chi connectivity index (χ0v) is 13.3. The number of amides is 1. The number of hydrogen-bond donors (Lipinski definition) is 2. The predicted molar refractivity (Wildman–Crippen MR) is 89.9 cm³/mol. The minimum absolute atomic E-state index is 0.125. The van der Waals surface area contributed by atoms with Crippen LogP contribution in [0.3, 0.4) is 0 Å². The first-order chi connectivity index (χ1) is 11.0. The van der Waals surface area contributed by atoms with E-state index < -0.39 is 5.60 Å². The van der Waals surface area contributed by atoms with E-state index >= 15 is 0 Å². The monoisotopic (exact) mass is 328 g/mol. The second-order valence-electron chi connectivity index (χ2n) is 5.36. The van der Waals surface area contributed by atoms with Gasteiger partial charge in [-0.1, -0.05) is 12.1 Å². The highest BCUT2D eigenvalue weighted by atomic mass is 32.1. The third-order valence-corrected chi connectivity index (χ3v) is 4.12. The Labute approximate surface area is 137 Å². The Kier molecular flexibility index (Phi) is 4.27. The number of para-hydroxylation sites is 2. The standard InChI is InChI=1S/C17H16N2O3S/c1-17(21,12-8-9-23-10-12)11-18-15(20)6-7-16-19-13-4-2-3-5-14(13)22-16/h2-10,21H,11H2,1H3,(H,18,20)/b7-6+/t17-/m0/s1. The van der Waals surface area contributed by atoms with Crippen molar-refractivity contribution < 1.29 is 14.3 Å². The summed E-state index contributed by atoms with van der Waals surface area (Å²) in [4.78, 5) is 16.1. The number of fused-ring (bicyclic) bond motifs is 1. The molecule has 0 unspecified atom stereocenters. The molecule has 2 N–H and O–H groups in total. The van der Waals surface area contributed by atoms with Gasteiger partial charge in [0.2, 0.25) is 11.8 Å². The number of nitrogens with one attached hydrogen (secondary N) is 1. The highest BCUT2D eigenvalue weighted by molar-refractivity contribution is 7.08. The Morgan fingerprint density at radius 2 is 2.26 bits per heavy atom. The third kappa shape index (κ3) is 3.67. The van der Waals surface area contributed by atoms with Crippen LogP contribution in [0.25, 0.3) is 17.2 Å². The zero-order chi connectivity index (χ0) is 16.3. The van der Waals surface area contributed by atoms with Crippen LogP contribution in [0.5, 0.6) is 0 Å². The van der Waals surface area contributed by atoms with Crippen molar-refractivity contribution in [2.75, 3.05) is 6.54 Å². The minimum Gasteiger partial charge on any atom is -0.437 e. The maximum Gasteiger partial charge on any atom is 0.244 e. The molecule has 3 rings (SSSR count). The Morgan fingerprint density at radius 1 is 1.43 bits per heavy atom. The number of oxazole rings is 1. The van der Waals surface area contributed by atoms with Crippen molar-refractivity contribution in [3.63, 3.8) is 0 Å². The summed E-state index contributed by atoms with van der Waals surface area (Å²) in [6.45, 7) is 1.79. The van der Waals surface area contributed by atoms with E-state index in [0.717, 1.165) is 11.1 Å². The molecule has 2 heterocycles. The van der Waals surface area contributed by atoms with Gasteiger partial charge in [0.05, 0.1) is 6.54 Å². The third-order valence-electron chi connectivity index (χ3n) is 3.44. The van der Waals surface area contributed by atoms with Crippen LogP contribution >= 0.6 is 11.3 Å². The van der Waals surface area contributed by atoms with E-state index in [1.54, 1.807) is 6.92 Å². The van der Waals surface area contributed by atoms with Gasteiger partial charge in [-0.2, -0.15) is 11.3 Å². The molecule has 3 aromatic rings. The average molecular weight is 328 g/mol. The summed E-state index contributed by atoms with van der Waals surface area (Å²) in [6, 6.07) is 9.23. The smallest absolute Gasteiger partial charge is 0.244 e. The quantitative estimate of drug-likeness (QED) is 0.706. The molecule has 0 aliphatic carbocycles. The maximum absolute atomic E-state index is 11.9. The molecule has 5 nitrogen and oxygen atoms in total. The van der Waals surface area contributed by atoms with Gasteiger partial charge in [0.1, 0.15) is 11.1 Å². The Morgan fingerprint density at radius 3 is 3.00 bits per heavy atom. The van der Waals surface area contributed by atoms with Crippen molar-refractivity contribution in [2.45, 2.75) is 12.5 Å². The van der Waals surface area contributed by atoms with Crippen LogP contribution in [0.2, 0.25) is 0 Å². The van der Waals surface area contributed by atoms with Gasteiger partial charge in [0.15, 0.2) is 5.58 Å². The summed E-state index contributed by atoms with van der Waals surface area (Å²) < 4.78 is 5.50. The summed E-state index contributed by atoms with van der Waals surface area (Å²) in [5.74, 6) is 0.0497. The van der Waals surface area contributed by atoms with Gasteiger partial charge in [-0.3, -0.25) is 4.79 Å². The SMILES string of the molecule is C[C@](O)(CNC(=O)/C=C/c1nc2ccccc2o1)c1ccsc1. The molecule has 6 heteroatoms. The van der Waals surface area contributed by atoms with E-state index in [9.17, 15) is 9.90 Å². The van der Waals surface area contributed by atoms with Gasteiger partial charge in [0.25, 0.3) is 0 Å². The van der Waals surface area contributed by atoms with Gasteiger partial charge >= 0.3 is 0 Å². The van der Waals surface area contributed by atoms with Gasteiger partial charge in [-0.15, -0.1) is 0 Å². The van der Waals surface area contributed by atoms with E-state index in [-0.39, 0.29) is 12.5 Å². The lowest BCUT2D eigenvalue weighted by molar-refractivity contribution is -0.117. The van der Waals surface area contributed by atoms with Crippen LogP contribution in [-0.2, 0) is 10.4 Å². The van der Waals surface area contributed by atoms with E-state index in [0.29, 0.717) is 11.5 Å². The molecule has 1 amide bonds. The number of carbonyl (C=O) groups excluding carboxylic acids is 1. The fourth-order valence-corrected chi connectivity index (χ4v) is 2.88. The van der Waals surface area contributed by atoms with Crippen LogP contribution in [0.15, 0.2) is 51.6 Å². The van der Waals surface area contributed by atoms with Gasteiger partial charge in [0, 0.05) is 12.2 Å². The largest absolute Gasteiger partial charge is 0.437 e. The molecule has 0 aliphatic rings. The molecule has 1 atom stereocenters. The lowest BCUT2D eigenvalue weighted by atomic mass is 9.99. The molecule has 0 spiro atoms. The van der Waals surface area contributed by atoms with E-state index in [1.165, 1.54) is 23.5 Å². The molecule has 118 valence electrons. The molecular weight excluding hydrogens is 312 g/mol. The summed E-state index contributed by atoms with van der Waals surface area (Å²) in [5, 5.41) is 16.8. The maximum atomic E-state index is 11.9. The first-order valence-electron chi connectivity index (χ1n) is 7.11. The average Bonchev–Trinajstić information content (AvgIpc) is 3.20. The van der Waals surface area contributed by atoms with Crippen molar-refractivity contribution in [1.29, 1.82) is 0 Å². The number of aromatic nitrogens is 1. The van der Waals surface area contributed by atoms with Gasteiger partial charge in [-0.05, 0) is 41.4 Å². The number of aliphatic hydroxyl groups is 1. The predicted octanol–water partition coefficient (Wildman–Crippen LogP) is 2.93. The number of rotatable bonds is 5. The Bertz CT molecular complexity index is 802. The van der Waals surface area contributed by atoms with Crippen molar-refractivity contribution in [1.82, 2.24) is 10.3 Å². The fourth-order valence-electron chi connectivity index (χ4n) is 2.10. The number of hydrogen-bond acceptors (Lipinski definition) is 5. The topological polar surface area (TPSA) is 75.4 Å². The van der Waals surface area contributed by atoms with Crippen LogP contribution in [0, 0.1) is 0 Å². The van der Waals surface area contributed by atoms with Crippen LogP contribution in [-0.4, -0.2) is 22.5 Å². The number of nitrogens with zero attached hydrogens (tertiary/aromatic N) is 1. The molecule has 0 fully saturated rings. The lowest BCUT2D eigenvalue weighted by Gasteiger charge is -2.22. The second-order valence-corrected chi connectivity index (χ2v) is 6.14. The molecule has 0 saturated heterocycles. The van der Waals surface area contributed by atoms with Gasteiger partial charge < -0.3 is 14.8 Å². The molecule has 1 aromatic carbocycles. The van der Waals surface area contributed by atoms with E-state index in [4.69, 9.17) is 4.42 Å². The molecule has 0 radical (unpaired) electrons. The van der Waals surface area contributed by atoms with Crippen LogP contribution in [0.4, 0.5) is 0 Å². The van der Waals surface area contributed by atoms with Crippen LogP contribution < -0.4 is 5.32 Å². The normalized spacial score (nSPS) is 14.2. The summed E-state index contributed by atoms with van der Waals surface area (Å²) in [5.41, 5.74) is 1.10. The zero-order valence-electron chi connectivity index (χ0n) is 12.5. The summed E-state index contributed by atoms with van der Waals surface area (Å²) in [6.07, 6.45) is 2.85. The number of benzene rings is 1. The van der Waals surface area contributed by atoms with Crippen molar-refractivity contribution in [2.24, 2.45) is 0 Å². The Hall–Kier alpha value is -2.44. The van der Waals surface area contributed by atoms with Crippen molar-refractivity contribution >= 4 is 34.4 Å². The second kappa shape index (κ2) is 6.36. The molecular formula is C17H16N2O3S. The molecule has 2 aromatic heterocycles. The van der Waals surface area contributed by atoms with Gasteiger partial charge in [-0.25, -0.2) is 4.98 Å². The molecule has 0 bridgehead atoms. The van der Waals surface area contributed by atoms with Crippen molar-refractivity contribution in [3.8, 4) is 0 Å². The molecule has 0 aliphatic heterocycles. The number of carbonyl (C=O) groups is 1.